The van der Waals surface area contributed by atoms with Crippen molar-refractivity contribution in [3.05, 3.63) is 47.9 Å². The molecule has 31 heavy (non-hydrogen) atoms. The van der Waals surface area contributed by atoms with Crippen LogP contribution >= 0.6 is 0 Å². The molecule has 7 nitrogen and oxygen atoms in total. The van der Waals surface area contributed by atoms with Crippen molar-refractivity contribution < 1.29 is 23.8 Å². The van der Waals surface area contributed by atoms with Crippen molar-refractivity contribution in [1.29, 1.82) is 0 Å². The van der Waals surface area contributed by atoms with Crippen LogP contribution in [-0.4, -0.2) is 70.6 Å². The van der Waals surface area contributed by atoms with Gasteiger partial charge in [0, 0.05) is 43.8 Å². The van der Waals surface area contributed by atoms with Crippen LogP contribution in [0, 0.1) is 11.7 Å². The maximum absolute atomic E-state index is 14.3. The fourth-order valence-electron chi connectivity index (χ4n) is 3.56. The quantitative estimate of drug-likeness (QED) is 0.790. The number of nitrogens with zero attached hydrogens (tertiary/aromatic N) is 3. The highest BCUT2D eigenvalue weighted by Crippen LogP contribution is 2.31. The topological polar surface area (TPSA) is 83.0 Å². The second-order valence-corrected chi connectivity index (χ2v) is 8.08. The van der Waals surface area contributed by atoms with Crippen molar-refractivity contribution in [1.82, 2.24) is 14.8 Å². The van der Waals surface area contributed by atoms with E-state index in [2.05, 4.69) is 4.98 Å². The normalized spacial score (nSPS) is 19.7. The van der Waals surface area contributed by atoms with Crippen LogP contribution < -0.4 is 4.74 Å². The number of carbonyl (C=O) groups excluding carboxylic acids is 2. The van der Waals surface area contributed by atoms with Gasteiger partial charge in [0.15, 0.2) is 0 Å². The van der Waals surface area contributed by atoms with Gasteiger partial charge in [-0.2, -0.15) is 0 Å². The highest BCUT2D eigenvalue weighted by Gasteiger charge is 2.34. The largest absolute Gasteiger partial charge is 0.472 e. The maximum Gasteiger partial charge on any atom is 0.259 e. The highest BCUT2D eigenvalue weighted by atomic mass is 19.1. The Hall–Kier alpha value is -3.00. The number of aromatic nitrogens is 1. The van der Waals surface area contributed by atoms with Crippen LogP contribution in [0.25, 0.3) is 11.1 Å². The van der Waals surface area contributed by atoms with Crippen molar-refractivity contribution in [3.63, 3.8) is 0 Å². The molecular formula is C23H28FN3O4. The molecule has 0 spiro atoms. The molecule has 2 heterocycles. The summed E-state index contributed by atoms with van der Waals surface area (Å²) in [7, 11) is 1.69. The van der Waals surface area contributed by atoms with Crippen LogP contribution in [0.5, 0.6) is 5.88 Å². The van der Waals surface area contributed by atoms with E-state index in [1.165, 1.54) is 19.2 Å². The Kier molecular flexibility index (Phi) is 6.90. The predicted octanol–water partition coefficient (Wildman–Crippen LogP) is 2.59. The minimum atomic E-state index is -0.427. The smallest absolute Gasteiger partial charge is 0.259 e. The number of ether oxygens (including phenoxy) is 1. The van der Waals surface area contributed by atoms with E-state index in [0.717, 1.165) is 0 Å². The van der Waals surface area contributed by atoms with Crippen molar-refractivity contribution >= 4 is 11.8 Å². The van der Waals surface area contributed by atoms with Crippen LogP contribution in [0.3, 0.4) is 0 Å². The Bertz CT molecular complexity index is 968. The van der Waals surface area contributed by atoms with Gasteiger partial charge < -0.3 is 19.6 Å². The lowest BCUT2D eigenvalue weighted by Crippen LogP contribution is -2.50. The summed E-state index contributed by atoms with van der Waals surface area (Å²) in [6.45, 7) is 5.62. The molecule has 3 atom stereocenters. The average molecular weight is 429 g/mol. The molecule has 1 N–H and O–H groups in total. The second-order valence-electron chi connectivity index (χ2n) is 8.08. The molecule has 1 aliphatic rings. The number of benzene rings is 1. The highest BCUT2D eigenvalue weighted by molar-refractivity contribution is 5.98. The monoisotopic (exact) mass is 429 g/mol. The molecule has 0 unspecified atom stereocenters. The molecule has 0 bridgehead atoms. The number of pyridine rings is 1. The van der Waals surface area contributed by atoms with E-state index >= 15 is 0 Å². The summed E-state index contributed by atoms with van der Waals surface area (Å²) in [6, 6.07) is 7.42. The summed E-state index contributed by atoms with van der Waals surface area (Å²) in [5.41, 5.74) is 0.982. The van der Waals surface area contributed by atoms with Crippen LogP contribution in [0.15, 0.2) is 36.5 Å². The van der Waals surface area contributed by atoms with Gasteiger partial charge in [-0.1, -0.05) is 25.1 Å². The molecule has 2 amide bonds. The Morgan fingerprint density at radius 2 is 2.10 bits per heavy atom. The first-order chi connectivity index (χ1) is 14.7. The van der Waals surface area contributed by atoms with Gasteiger partial charge in [-0.3, -0.25) is 9.59 Å². The number of aliphatic hydroxyl groups is 1. The minimum Gasteiger partial charge on any atom is -0.472 e. The van der Waals surface area contributed by atoms with Crippen molar-refractivity contribution in [3.8, 4) is 17.0 Å². The SMILES string of the molecule is CC(=O)N(C)C[C@@H]1Oc2ncc(-c3ccccc3F)cc2C(=O)N([C@H](C)CO)C[C@@H]1C. The van der Waals surface area contributed by atoms with E-state index in [0.29, 0.717) is 24.2 Å². The summed E-state index contributed by atoms with van der Waals surface area (Å²) < 4.78 is 20.4. The first kappa shape index (κ1) is 22.7. The molecule has 1 aromatic heterocycles. The van der Waals surface area contributed by atoms with E-state index in [1.807, 2.05) is 6.92 Å². The van der Waals surface area contributed by atoms with Gasteiger partial charge in [-0.05, 0) is 19.1 Å². The Balaban J connectivity index is 2.07. The molecule has 0 saturated heterocycles. The molecule has 1 aromatic carbocycles. The first-order valence-corrected chi connectivity index (χ1v) is 10.3. The molecule has 1 aliphatic heterocycles. The first-order valence-electron chi connectivity index (χ1n) is 10.3. The zero-order valence-electron chi connectivity index (χ0n) is 18.2. The van der Waals surface area contributed by atoms with Gasteiger partial charge in [0.05, 0.1) is 19.2 Å². The fraction of sp³-hybridized carbons (Fsp3) is 0.435. The zero-order valence-corrected chi connectivity index (χ0v) is 18.2. The number of aliphatic hydroxyl groups excluding tert-OH is 1. The zero-order chi connectivity index (χ0) is 22.7. The van der Waals surface area contributed by atoms with E-state index in [9.17, 15) is 19.1 Å². The molecule has 3 rings (SSSR count). The third-order valence-electron chi connectivity index (χ3n) is 5.70. The van der Waals surface area contributed by atoms with E-state index in [1.54, 1.807) is 48.0 Å². The van der Waals surface area contributed by atoms with E-state index in [-0.39, 0.29) is 35.8 Å². The van der Waals surface area contributed by atoms with Crippen molar-refractivity contribution in [2.75, 3.05) is 26.7 Å². The summed E-state index contributed by atoms with van der Waals surface area (Å²) >= 11 is 0. The third-order valence-corrected chi connectivity index (χ3v) is 5.70. The van der Waals surface area contributed by atoms with Crippen LogP contribution in [0.4, 0.5) is 4.39 Å². The number of likely N-dealkylation sites (N-methyl/N-ethyl adjacent to an activating group) is 1. The summed E-state index contributed by atoms with van der Waals surface area (Å²) in [5.74, 6) is -0.849. The number of rotatable bonds is 5. The molecular weight excluding hydrogens is 401 g/mol. The number of hydrogen-bond donors (Lipinski definition) is 1. The van der Waals surface area contributed by atoms with Crippen LogP contribution in [-0.2, 0) is 4.79 Å². The number of hydrogen-bond acceptors (Lipinski definition) is 5. The molecule has 166 valence electrons. The van der Waals surface area contributed by atoms with Crippen LogP contribution in [0.2, 0.25) is 0 Å². The van der Waals surface area contributed by atoms with E-state index < -0.39 is 18.0 Å². The second kappa shape index (κ2) is 9.43. The molecule has 0 fully saturated rings. The third kappa shape index (κ3) is 4.85. The fourth-order valence-corrected chi connectivity index (χ4v) is 3.56. The lowest BCUT2D eigenvalue weighted by molar-refractivity contribution is -0.129. The van der Waals surface area contributed by atoms with Gasteiger partial charge in [-0.15, -0.1) is 0 Å². The average Bonchev–Trinajstić information content (AvgIpc) is 2.75. The summed E-state index contributed by atoms with van der Waals surface area (Å²) in [6.07, 6.45) is 1.06. The number of amides is 2. The van der Waals surface area contributed by atoms with E-state index in [4.69, 9.17) is 4.74 Å². The van der Waals surface area contributed by atoms with Gasteiger partial charge in [0.1, 0.15) is 17.5 Å². The number of carbonyl (C=O) groups is 2. The Labute approximate surface area is 181 Å². The summed E-state index contributed by atoms with van der Waals surface area (Å²) in [4.78, 5) is 32.6. The lowest BCUT2D eigenvalue weighted by atomic mass is 9.99. The number of halogens is 1. The van der Waals surface area contributed by atoms with Gasteiger partial charge in [-0.25, -0.2) is 9.37 Å². The van der Waals surface area contributed by atoms with Crippen molar-refractivity contribution in [2.45, 2.75) is 32.9 Å². The standard InChI is InChI=1S/C23H28FN3O4/c1-14-11-27(15(2)13-28)23(30)19-9-17(18-7-5-6-8-20(18)24)10-25-22(19)31-21(14)12-26(4)16(3)29/h5-10,14-15,21,28H,11-13H2,1-4H3/t14-,15+,21-/m0/s1. The van der Waals surface area contributed by atoms with Crippen molar-refractivity contribution in [2.24, 2.45) is 5.92 Å². The lowest BCUT2D eigenvalue weighted by Gasteiger charge is -2.37. The van der Waals surface area contributed by atoms with Gasteiger partial charge in [0.2, 0.25) is 11.8 Å². The molecule has 0 saturated carbocycles. The number of fused-ring (bicyclic) bond motifs is 1. The summed E-state index contributed by atoms with van der Waals surface area (Å²) in [5, 5.41) is 9.71. The molecule has 0 radical (unpaired) electrons. The predicted molar refractivity (Wildman–Crippen MR) is 114 cm³/mol. The molecule has 2 aromatic rings. The van der Waals surface area contributed by atoms with Gasteiger partial charge >= 0.3 is 0 Å². The Morgan fingerprint density at radius 3 is 2.74 bits per heavy atom. The molecule has 0 aliphatic carbocycles. The minimum absolute atomic E-state index is 0.0994. The van der Waals surface area contributed by atoms with Crippen LogP contribution in [0.1, 0.15) is 31.1 Å². The maximum atomic E-state index is 14.3. The Morgan fingerprint density at radius 1 is 1.39 bits per heavy atom. The molecule has 8 heteroatoms. The van der Waals surface area contributed by atoms with Gasteiger partial charge in [0.25, 0.3) is 5.91 Å².